The van der Waals surface area contributed by atoms with E-state index in [-0.39, 0.29) is 11.3 Å². The van der Waals surface area contributed by atoms with Crippen molar-refractivity contribution >= 4 is 52.1 Å². The quantitative estimate of drug-likeness (QED) is 0.335. The van der Waals surface area contributed by atoms with Crippen molar-refractivity contribution in [2.24, 2.45) is 0 Å². The Morgan fingerprint density at radius 1 is 1.12 bits per heavy atom. The molecule has 132 valence electrons. The van der Waals surface area contributed by atoms with E-state index in [9.17, 15) is 14.9 Å². The van der Waals surface area contributed by atoms with Crippen molar-refractivity contribution < 1.29 is 9.72 Å². The van der Waals surface area contributed by atoms with Crippen LogP contribution in [0, 0.1) is 17.0 Å². The minimum atomic E-state index is -1.89. The van der Waals surface area contributed by atoms with Gasteiger partial charge in [0.1, 0.15) is 11.7 Å². The molecule has 0 aromatic heterocycles. The zero-order valence-corrected chi connectivity index (χ0v) is 15.3. The minimum Gasteiger partial charge on any atom is -0.362 e. The van der Waals surface area contributed by atoms with Crippen LogP contribution < -0.4 is 10.6 Å². The van der Waals surface area contributed by atoms with E-state index in [1.54, 1.807) is 12.1 Å². The van der Waals surface area contributed by atoms with Crippen molar-refractivity contribution in [3.8, 4) is 0 Å². The van der Waals surface area contributed by atoms with Crippen LogP contribution >= 0.6 is 34.8 Å². The maximum absolute atomic E-state index is 12.5. The summed E-state index contributed by atoms with van der Waals surface area (Å²) in [6.07, 6.45) is -1.11. The summed E-state index contributed by atoms with van der Waals surface area (Å²) in [5, 5.41) is 16.5. The van der Waals surface area contributed by atoms with Crippen molar-refractivity contribution in [3.63, 3.8) is 0 Å². The Morgan fingerprint density at radius 2 is 1.72 bits per heavy atom. The van der Waals surface area contributed by atoms with E-state index in [1.807, 2.05) is 19.1 Å². The standard InChI is InChI=1S/C16H14Cl3N3O3/c1-10-6-2-4-8-12(10)20-15(16(17,18)19)21-14(23)11-7-3-5-9-13(11)22(24)25/h2-9,15,20H,1H3,(H,21,23). The molecule has 25 heavy (non-hydrogen) atoms. The van der Waals surface area contributed by atoms with Gasteiger partial charge in [-0.3, -0.25) is 14.9 Å². The van der Waals surface area contributed by atoms with Crippen LogP contribution in [0.25, 0.3) is 0 Å². The highest BCUT2D eigenvalue weighted by molar-refractivity contribution is 6.68. The normalized spacial score (nSPS) is 12.3. The molecule has 2 N–H and O–H groups in total. The van der Waals surface area contributed by atoms with Gasteiger partial charge in [-0.15, -0.1) is 0 Å². The fourth-order valence-electron chi connectivity index (χ4n) is 2.12. The molecule has 0 aliphatic carbocycles. The first-order chi connectivity index (χ1) is 11.7. The van der Waals surface area contributed by atoms with E-state index in [0.717, 1.165) is 5.56 Å². The number of hydrogen-bond acceptors (Lipinski definition) is 4. The number of anilines is 1. The van der Waals surface area contributed by atoms with E-state index in [4.69, 9.17) is 34.8 Å². The van der Waals surface area contributed by atoms with Crippen LogP contribution in [0.4, 0.5) is 11.4 Å². The predicted octanol–water partition coefficient (Wildman–Crippen LogP) is 4.44. The summed E-state index contributed by atoms with van der Waals surface area (Å²) in [6, 6.07) is 12.8. The fourth-order valence-corrected chi connectivity index (χ4v) is 2.45. The highest BCUT2D eigenvalue weighted by Gasteiger charge is 2.35. The Labute approximate surface area is 159 Å². The monoisotopic (exact) mass is 401 g/mol. The number of aryl methyl sites for hydroxylation is 1. The summed E-state index contributed by atoms with van der Waals surface area (Å²) in [5.74, 6) is -0.732. The third kappa shape index (κ3) is 4.98. The van der Waals surface area contributed by atoms with Gasteiger partial charge in [0.05, 0.1) is 4.92 Å². The first kappa shape index (κ1) is 19.3. The molecule has 0 heterocycles. The van der Waals surface area contributed by atoms with Gasteiger partial charge in [0.2, 0.25) is 3.79 Å². The van der Waals surface area contributed by atoms with Gasteiger partial charge in [-0.05, 0) is 24.6 Å². The van der Waals surface area contributed by atoms with Crippen LogP contribution in [0.15, 0.2) is 48.5 Å². The fraction of sp³-hybridized carbons (Fsp3) is 0.188. The lowest BCUT2D eigenvalue weighted by molar-refractivity contribution is -0.385. The number of carbonyl (C=O) groups excluding carboxylic acids is 1. The molecule has 1 unspecified atom stereocenters. The minimum absolute atomic E-state index is 0.127. The predicted molar refractivity (Wildman–Crippen MR) is 99.4 cm³/mol. The van der Waals surface area contributed by atoms with Crippen molar-refractivity contribution in [1.29, 1.82) is 0 Å². The summed E-state index contributed by atoms with van der Waals surface area (Å²) in [6.45, 7) is 1.85. The van der Waals surface area contributed by atoms with E-state index < -0.39 is 20.8 Å². The lowest BCUT2D eigenvalue weighted by Crippen LogP contribution is -2.49. The van der Waals surface area contributed by atoms with Gasteiger partial charge in [-0.1, -0.05) is 65.1 Å². The van der Waals surface area contributed by atoms with E-state index in [1.165, 1.54) is 24.3 Å². The lowest BCUT2D eigenvalue weighted by Gasteiger charge is -2.28. The van der Waals surface area contributed by atoms with Gasteiger partial charge < -0.3 is 10.6 Å². The number of nitro benzene ring substituents is 1. The number of benzene rings is 2. The van der Waals surface area contributed by atoms with Crippen molar-refractivity contribution in [3.05, 3.63) is 69.8 Å². The molecule has 0 aliphatic rings. The summed E-state index contributed by atoms with van der Waals surface area (Å²) < 4.78 is -1.89. The average molecular weight is 403 g/mol. The molecular formula is C16H14Cl3N3O3. The molecule has 0 bridgehead atoms. The molecule has 6 nitrogen and oxygen atoms in total. The molecule has 2 aromatic carbocycles. The smallest absolute Gasteiger partial charge is 0.282 e. The molecule has 0 saturated heterocycles. The van der Waals surface area contributed by atoms with E-state index >= 15 is 0 Å². The second-order valence-electron chi connectivity index (χ2n) is 5.18. The molecule has 2 aromatic rings. The zero-order valence-electron chi connectivity index (χ0n) is 13.0. The molecule has 0 aliphatic heterocycles. The first-order valence-electron chi connectivity index (χ1n) is 7.13. The third-order valence-corrected chi connectivity index (χ3v) is 4.05. The number of hydrogen-bond donors (Lipinski definition) is 2. The molecule has 0 radical (unpaired) electrons. The third-order valence-electron chi connectivity index (χ3n) is 3.39. The first-order valence-corrected chi connectivity index (χ1v) is 8.26. The van der Waals surface area contributed by atoms with Crippen molar-refractivity contribution in [2.75, 3.05) is 5.32 Å². The molecule has 0 fully saturated rings. The lowest BCUT2D eigenvalue weighted by atomic mass is 10.1. The van der Waals surface area contributed by atoms with Gasteiger partial charge in [0.25, 0.3) is 11.6 Å². The zero-order chi connectivity index (χ0) is 18.6. The van der Waals surface area contributed by atoms with Gasteiger partial charge in [-0.2, -0.15) is 0 Å². The van der Waals surface area contributed by atoms with Gasteiger partial charge in [-0.25, -0.2) is 0 Å². The highest BCUT2D eigenvalue weighted by Crippen LogP contribution is 2.32. The SMILES string of the molecule is Cc1ccccc1NC(NC(=O)c1ccccc1[N+](=O)[O-])C(Cl)(Cl)Cl. The number of para-hydroxylation sites is 2. The number of halogens is 3. The maximum atomic E-state index is 12.5. The second kappa shape index (κ2) is 7.91. The summed E-state index contributed by atoms with van der Waals surface area (Å²) in [4.78, 5) is 22.9. The Morgan fingerprint density at radius 3 is 2.32 bits per heavy atom. The number of rotatable bonds is 5. The molecule has 0 spiro atoms. The number of nitrogens with one attached hydrogen (secondary N) is 2. The topological polar surface area (TPSA) is 84.3 Å². The van der Waals surface area contributed by atoms with Crippen LogP contribution in [0.5, 0.6) is 0 Å². The van der Waals surface area contributed by atoms with Gasteiger partial charge >= 0.3 is 0 Å². The van der Waals surface area contributed by atoms with Crippen LogP contribution in [0.1, 0.15) is 15.9 Å². The highest BCUT2D eigenvalue weighted by atomic mass is 35.6. The maximum Gasteiger partial charge on any atom is 0.282 e. The largest absolute Gasteiger partial charge is 0.362 e. The Hall–Kier alpha value is -2.02. The number of amides is 1. The van der Waals surface area contributed by atoms with Crippen molar-refractivity contribution in [2.45, 2.75) is 16.9 Å². The van der Waals surface area contributed by atoms with Gasteiger partial charge in [0.15, 0.2) is 0 Å². The van der Waals surface area contributed by atoms with Crippen molar-refractivity contribution in [1.82, 2.24) is 5.32 Å². The Balaban J connectivity index is 2.28. The summed E-state index contributed by atoms with van der Waals surface area (Å²) in [5.41, 5.74) is 1.07. The number of carbonyl (C=O) groups is 1. The number of alkyl halides is 3. The molecule has 9 heteroatoms. The van der Waals surface area contributed by atoms with Crippen LogP contribution in [0.3, 0.4) is 0 Å². The molecule has 1 amide bonds. The summed E-state index contributed by atoms with van der Waals surface area (Å²) >= 11 is 17.9. The second-order valence-corrected chi connectivity index (χ2v) is 7.55. The molecule has 1 atom stereocenters. The Bertz CT molecular complexity index is 793. The number of nitro groups is 1. The van der Waals surface area contributed by atoms with Crippen LogP contribution in [-0.2, 0) is 0 Å². The van der Waals surface area contributed by atoms with Gasteiger partial charge in [0, 0.05) is 11.8 Å². The van der Waals surface area contributed by atoms with Crippen LogP contribution in [0.2, 0.25) is 0 Å². The molecule has 0 saturated carbocycles. The molecular weight excluding hydrogens is 389 g/mol. The molecule has 2 rings (SSSR count). The van der Waals surface area contributed by atoms with E-state index in [2.05, 4.69) is 10.6 Å². The number of nitrogens with zero attached hydrogens (tertiary/aromatic N) is 1. The Kier molecular flexibility index (Phi) is 6.11. The average Bonchev–Trinajstić information content (AvgIpc) is 2.55. The van der Waals surface area contributed by atoms with Crippen LogP contribution in [-0.4, -0.2) is 20.8 Å². The van der Waals surface area contributed by atoms with E-state index in [0.29, 0.717) is 5.69 Å². The summed E-state index contributed by atoms with van der Waals surface area (Å²) in [7, 11) is 0.